The van der Waals surface area contributed by atoms with Gasteiger partial charge in [-0.05, 0) is 50.2 Å². The maximum absolute atomic E-state index is 12.4. The highest BCUT2D eigenvalue weighted by atomic mass is 16.5. The zero-order valence-electron chi connectivity index (χ0n) is 16.5. The van der Waals surface area contributed by atoms with Gasteiger partial charge in [-0.25, -0.2) is 4.79 Å². The van der Waals surface area contributed by atoms with Crippen LogP contribution in [0.1, 0.15) is 41.6 Å². The molecule has 1 aromatic heterocycles. The van der Waals surface area contributed by atoms with E-state index in [9.17, 15) is 9.59 Å². The van der Waals surface area contributed by atoms with Crippen molar-refractivity contribution >= 4 is 17.6 Å². The fourth-order valence-electron chi connectivity index (χ4n) is 2.95. The highest BCUT2D eigenvalue weighted by molar-refractivity contribution is 5.93. The van der Waals surface area contributed by atoms with E-state index in [0.29, 0.717) is 11.3 Å². The first-order valence-corrected chi connectivity index (χ1v) is 9.55. The Hall–Kier alpha value is -3.38. The summed E-state index contributed by atoms with van der Waals surface area (Å²) in [6, 6.07) is 20.2. The Morgan fingerprint density at radius 1 is 1.00 bits per heavy atom. The number of amides is 1. The van der Waals surface area contributed by atoms with Crippen LogP contribution in [0, 0.1) is 0 Å². The van der Waals surface area contributed by atoms with Crippen LogP contribution >= 0.6 is 0 Å². The molecule has 0 saturated heterocycles. The highest BCUT2D eigenvalue weighted by Crippen LogP contribution is 2.18. The zero-order valence-corrected chi connectivity index (χ0v) is 16.5. The number of quaternary nitrogens is 1. The number of nitrogens with one attached hydrogen (secondary N) is 1. The van der Waals surface area contributed by atoms with Crippen LogP contribution in [-0.2, 0) is 9.53 Å². The number of esters is 1. The third kappa shape index (κ3) is 5.80. The summed E-state index contributed by atoms with van der Waals surface area (Å²) in [4.78, 5) is 24.3. The van der Waals surface area contributed by atoms with E-state index in [1.54, 1.807) is 44.4 Å². The number of benzene rings is 2. The molecule has 29 heavy (non-hydrogen) atoms. The first-order chi connectivity index (χ1) is 14.0. The Bertz CT molecular complexity index is 919. The fraction of sp³-hybridized carbons (Fsp3) is 0.217. The molecule has 1 atom stereocenters. The second kappa shape index (κ2) is 9.71. The van der Waals surface area contributed by atoms with E-state index < -0.39 is 0 Å². The molecule has 0 spiro atoms. The third-order valence-electron chi connectivity index (χ3n) is 4.29. The van der Waals surface area contributed by atoms with Gasteiger partial charge in [-0.15, -0.1) is 0 Å². The number of carbonyl (C=O) groups excluding carboxylic acids is 2. The monoisotopic (exact) mass is 393 g/mol. The van der Waals surface area contributed by atoms with Gasteiger partial charge in [-0.2, -0.15) is 0 Å². The summed E-state index contributed by atoms with van der Waals surface area (Å²) in [5.41, 5.74) is 2.13. The number of furan rings is 1. The van der Waals surface area contributed by atoms with Gasteiger partial charge in [0.05, 0.1) is 17.9 Å². The van der Waals surface area contributed by atoms with Crippen LogP contribution in [0.25, 0.3) is 0 Å². The predicted molar refractivity (Wildman–Crippen MR) is 109 cm³/mol. The van der Waals surface area contributed by atoms with E-state index in [0.717, 1.165) is 11.3 Å². The molecule has 6 nitrogen and oxygen atoms in total. The van der Waals surface area contributed by atoms with Crippen LogP contribution in [-0.4, -0.2) is 24.5 Å². The van der Waals surface area contributed by atoms with Crippen LogP contribution in [0.15, 0.2) is 77.4 Å². The van der Waals surface area contributed by atoms with E-state index in [4.69, 9.17) is 9.15 Å². The minimum atomic E-state index is -0.379. The van der Waals surface area contributed by atoms with Crippen molar-refractivity contribution in [1.29, 1.82) is 0 Å². The molecule has 0 aliphatic heterocycles. The molecule has 1 heterocycles. The summed E-state index contributed by atoms with van der Waals surface area (Å²) in [5, 5.41) is 4.78. The van der Waals surface area contributed by atoms with Gasteiger partial charge >= 0.3 is 5.97 Å². The van der Waals surface area contributed by atoms with Crippen LogP contribution in [0.3, 0.4) is 0 Å². The van der Waals surface area contributed by atoms with Crippen molar-refractivity contribution < 1.29 is 24.1 Å². The Morgan fingerprint density at radius 2 is 1.72 bits per heavy atom. The smallest absolute Gasteiger partial charge is 0.338 e. The topological polar surface area (TPSA) is 85.1 Å². The van der Waals surface area contributed by atoms with Gasteiger partial charge in [0.15, 0.2) is 18.3 Å². The molecule has 2 aromatic carbocycles. The Balaban J connectivity index is 1.59. The maximum atomic E-state index is 12.4. The number of ether oxygens (including phenoxy) is 1. The second-order valence-corrected chi connectivity index (χ2v) is 6.92. The molecule has 0 aliphatic carbocycles. The minimum absolute atomic E-state index is 0.106. The van der Waals surface area contributed by atoms with Gasteiger partial charge in [0, 0.05) is 11.3 Å². The molecule has 1 amide bonds. The van der Waals surface area contributed by atoms with Gasteiger partial charge in [0.25, 0.3) is 5.91 Å². The average Bonchev–Trinajstić information content (AvgIpc) is 3.23. The van der Waals surface area contributed by atoms with Crippen molar-refractivity contribution in [3.63, 3.8) is 0 Å². The predicted octanol–water partition coefficient (Wildman–Crippen LogP) is 3.14. The summed E-state index contributed by atoms with van der Waals surface area (Å²) >= 11 is 0. The van der Waals surface area contributed by atoms with Crippen molar-refractivity contribution in [2.24, 2.45) is 0 Å². The molecular weight excluding hydrogens is 368 g/mol. The summed E-state index contributed by atoms with van der Waals surface area (Å²) < 4.78 is 10.7. The van der Waals surface area contributed by atoms with Crippen molar-refractivity contribution in [3.05, 3.63) is 89.9 Å². The van der Waals surface area contributed by atoms with Gasteiger partial charge in [0.1, 0.15) is 0 Å². The lowest BCUT2D eigenvalue weighted by molar-refractivity contribution is -0.678. The third-order valence-corrected chi connectivity index (χ3v) is 4.29. The van der Waals surface area contributed by atoms with Crippen molar-refractivity contribution in [2.45, 2.75) is 26.0 Å². The fourth-order valence-corrected chi connectivity index (χ4v) is 2.95. The lowest BCUT2D eigenvalue weighted by atomic mass is 10.0. The Labute approximate surface area is 169 Å². The number of carbonyl (C=O) groups is 2. The van der Waals surface area contributed by atoms with Crippen LogP contribution < -0.4 is 10.6 Å². The lowest BCUT2D eigenvalue weighted by Crippen LogP contribution is -2.87. The van der Waals surface area contributed by atoms with Crippen molar-refractivity contribution in [3.8, 4) is 0 Å². The van der Waals surface area contributed by atoms with Crippen molar-refractivity contribution in [2.75, 3.05) is 11.9 Å². The van der Waals surface area contributed by atoms with Gasteiger partial charge in [-0.1, -0.05) is 30.3 Å². The summed E-state index contributed by atoms with van der Waals surface area (Å²) in [7, 11) is 0. The molecule has 0 unspecified atom stereocenters. The molecule has 0 aliphatic rings. The second-order valence-electron chi connectivity index (χ2n) is 6.92. The summed E-state index contributed by atoms with van der Waals surface area (Å²) in [6.07, 6.45) is 1.45. The SMILES string of the molecule is CC(C)OC(=O)c1ccc(NC(=O)C[NH2+][C@H](c2ccccc2)c2ccco2)cc1. The van der Waals surface area contributed by atoms with E-state index in [2.05, 4.69) is 5.32 Å². The van der Waals surface area contributed by atoms with Crippen LogP contribution in [0.5, 0.6) is 0 Å². The summed E-state index contributed by atoms with van der Waals surface area (Å²) in [6.45, 7) is 3.82. The van der Waals surface area contributed by atoms with E-state index >= 15 is 0 Å². The van der Waals surface area contributed by atoms with Gasteiger partial charge in [-0.3, -0.25) is 4.79 Å². The summed E-state index contributed by atoms with van der Waals surface area (Å²) in [5.74, 6) is 0.266. The number of hydrogen-bond donors (Lipinski definition) is 2. The number of hydrogen-bond acceptors (Lipinski definition) is 4. The van der Waals surface area contributed by atoms with Crippen LogP contribution in [0.2, 0.25) is 0 Å². The minimum Gasteiger partial charge on any atom is -0.463 e. The average molecular weight is 393 g/mol. The molecule has 3 aromatic rings. The quantitative estimate of drug-likeness (QED) is 0.576. The Morgan fingerprint density at radius 3 is 2.34 bits per heavy atom. The number of nitrogens with two attached hydrogens (primary N) is 1. The largest absolute Gasteiger partial charge is 0.463 e. The highest BCUT2D eigenvalue weighted by Gasteiger charge is 2.21. The van der Waals surface area contributed by atoms with E-state index in [-0.39, 0.29) is 30.6 Å². The first kappa shape index (κ1) is 20.4. The molecule has 0 radical (unpaired) electrons. The molecule has 0 saturated carbocycles. The molecule has 0 bridgehead atoms. The first-order valence-electron chi connectivity index (χ1n) is 9.55. The lowest BCUT2D eigenvalue weighted by Gasteiger charge is -2.14. The van der Waals surface area contributed by atoms with Crippen LogP contribution in [0.4, 0.5) is 5.69 Å². The number of anilines is 1. The maximum Gasteiger partial charge on any atom is 0.338 e. The normalized spacial score (nSPS) is 11.8. The van der Waals surface area contributed by atoms with Crippen molar-refractivity contribution in [1.82, 2.24) is 0 Å². The Kier molecular flexibility index (Phi) is 6.81. The van der Waals surface area contributed by atoms with Gasteiger partial charge < -0.3 is 19.8 Å². The molecule has 6 heteroatoms. The molecule has 0 fully saturated rings. The molecular formula is C23H25N2O4+. The standard InChI is InChI=1S/C23H24N2O4/c1-16(2)29-23(27)18-10-12-19(13-11-18)25-21(26)15-24-22(20-9-6-14-28-20)17-7-4-3-5-8-17/h3-14,16,22,24H,15H2,1-2H3,(H,25,26)/p+1/t22-/m1/s1. The molecule has 3 rings (SSSR count). The molecule has 3 N–H and O–H groups in total. The zero-order chi connectivity index (χ0) is 20.6. The number of rotatable bonds is 8. The van der Waals surface area contributed by atoms with E-state index in [1.807, 2.05) is 47.8 Å². The van der Waals surface area contributed by atoms with Gasteiger partial charge in [0.2, 0.25) is 0 Å². The van der Waals surface area contributed by atoms with E-state index in [1.165, 1.54) is 0 Å². The molecule has 150 valence electrons.